The Hall–Kier alpha value is -3.06. The van der Waals surface area contributed by atoms with E-state index < -0.39 is 0 Å². The molecule has 1 saturated heterocycles. The number of anilines is 2. The molecular weight excluding hydrogens is 358 g/mol. The number of amides is 2. The van der Waals surface area contributed by atoms with Crippen LogP contribution in [-0.2, 0) is 9.53 Å². The minimum atomic E-state index is -0.193. The number of carbonyl (C=O) groups excluding carboxylic acids is 2. The number of ether oxygens (including phenoxy) is 2. The van der Waals surface area contributed by atoms with Crippen molar-refractivity contribution in [2.75, 3.05) is 37.4 Å². The van der Waals surface area contributed by atoms with Crippen LogP contribution in [0.2, 0.25) is 0 Å². The zero-order valence-corrected chi connectivity index (χ0v) is 15.9. The first-order valence-electron chi connectivity index (χ1n) is 9.32. The average molecular weight is 383 g/mol. The fourth-order valence-corrected chi connectivity index (χ4v) is 2.99. The predicted molar refractivity (Wildman–Crippen MR) is 108 cm³/mol. The molecular formula is C21H25N3O4. The van der Waals surface area contributed by atoms with E-state index in [1.165, 1.54) is 0 Å². The lowest BCUT2D eigenvalue weighted by molar-refractivity contribution is -0.114. The molecule has 7 heteroatoms. The summed E-state index contributed by atoms with van der Waals surface area (Å²) in [5.74, 6) is 0.335. The summed E-state index contributed by atoms with van der Waals surface area (Å²) in [5, 5.41) is 8.72. The van der Waals surface area contributed by atoms with Crippen molar-refractivity contribution < 1.29 is 19.1 Å². The van der Waals surface area contributed by atoms with E-state index >= 15 is 0 Å². The topological polar surface area (TPSA) is 88.7 Å². The van der Waals surface area contributed by atoms with E-state index in [-0.39, 0.29) is 24.5 Å². The van der Waals surface area contributed by atoms with E-state index in [1.807, 2.05) is 24.3 Å². The van der Waals surface area contributed by atoms with Crippen LogP contribution in [0, 0.1) is 0 Å². The lowest BCUT2D eigenvalue weighted by atomic mass is 10.2. The van der Waals surface area contributed by atoms with E-state index in [4.69, 9.17) is 9.47 Å². The third-order valence-corrected chi connectivity index (χ3v) is 4.49. The molecule has 0 aromatic heterocycles. The van der Waals surface area contributed by atoms with Gasteiger partial charge in [0.25, 0.3) is 5.91 Å². The van der Waals surface area contributed by atoms with Gasteiger partial charge in [-0.05, 0) is 49.2 Å². The maximum atomic E-state index is 12.2. The Morgan fingerprint density at radius 2 is 1.93 bits per heavy atom. The van der Waals surface area contributed by atoms with Crippen LogP contribution in [-0.4, -0.2) is 44.7 Å². The molecule has 0 spiro atoms. The van der Waals surface area contributed by atoms with E-state index in [0.717, 1.165) is 25.1 Å². The second-order valence-electron chi connectivity index (χ2n) is 6.52. The molecule has 148 valence electrons. The van der Waals surface area contributed by atoms with Crippen LogP contribution in [0.1, 0.15) is 23.2 Å². The van der Waals surface area contributed by atoms with Crippen molar-refractivity contribution in [1.82, 2.24) is 5.32 Å². The molecule has 3 rings (SSSR count). The molecule has 2 aromatic rings. The van der Waals surface area contributed by atoms with Gasteiger partial charge in [0.2, 0.25) is 5.91 Å². The maximum absolute atomic E-state index is 12.2. The monoisotopic (exact) mass is 383 g/mol. The van der Waals surface area contributed by atoms with Gasteiger partial charge in [-0.1, -0.05) is 12.1 Å². The van der Waals surface area contributed by atoms with Crippen molar-refractivity contribution in [2.45, 2.75) is 18.9 Å². The van der Waals surface area contributed by atoms with Gasteiger partial charge in [-0.25, -0.2) is 0 Å². The Balaban J connectivity index is 1.46. The van der Waals surface area contributed by atoms with E-state index in [0.29, 0.717) is 23.5 Å². The summed E-state index contributed by atoms with van der Waals surface area (Å²) in [7, 11) is 1.58. The van der Waals surface area contributed by atoms with Crippen LogP contribution in [0.15, 0.2) is 48.5 Å². The number of benzene rings is 2. The number of hydrogen-bond donors (Lipinski definition) is 3. The van der Waals surface area contributed by atoms with Crippen molar-refractivity contribution in [3.63, 3.8) is 0 Å². The second kappa shape index (κ2) is 9.75. The van der Waals surface area contributed by atoms with Crippen LogP contribution < -0.4 is 20.7 Å². The van der Waals surface area contributed by atoms with Gasteiger partial charge in [-0.15, -0.1) is 0 Å². The van der Waals surface area contributed by atoms with Gasteiger partial charge < -0.3 is 25.4 Å². The molecule has 28 heavy (non-hydrogen) atoms. The molecule has 3 N–H and O–H groups in total. The number of carbonyl (C=O) groups is 2. The minimum absolute atomic E-state index is 0.101. The lowest BCUT2D eigenvalue weighted by Gasteiger charge is -2.12. The number of hydrogen-bond acceptors (Lipinski definition) is 5. The van der Waals surface area contributed by atoms with E-state index in [1.54, 1.807) is 31.4 Å². The molecule has 0 aliphatic carbocycles. The standard InChI is InChI=1S/C21H25N3O4/c1-27-19-7-3-2-6-18(19)22-14-20(25)24-16-10-8-15(9-11-16)21(26)23-13-17-5-4-12-28-17/h2-3,6-11,17,22H,4-5,12-14H2,1H3,(H,23,26)(H,24,25). The maximum Gasteiger partial charge on any atom is 0.251 e. The molecule has 0 bridgehead atoms. The zero-order valence-electron chi connectivity index (χ0n) is 15.9. The smallest absolute Gasteiger partial charge is 0.251 e. The molecule has 1 unspecified atom stereocenters. The molecule has 0 radical (unpaired) electrons. The van der Waals surface area contributed by atoms with Crippen molar-refractivity contribution in [2.24, 2.45) is 0 Å². The SMILES string of the molecule is COc1ccccc1NCC(=O)Nc1ccc(C(=O)NCC2CCCO2)cc1. The Morgan fingerprint density at radius 1 is 1.14 bits per heavy atom. The Labute approximate surface area is 164 Å². The Bertz CT molecular complexity index is 802. The van der Waals surface area contributed by atoms with Crippen molar-refractivity contribution in [1.29, 1.82) is 0 Å². The predicted octanol–water partition coefficient (Wildman–Crippen LogP) is 2.65. The summed E-state index contributed by atoms with van der Waals surface area (Å²) < 4.78 is 10.7. The van der Waals surface area contributed by atoms with Crippen molar-refractivity contribution >= 4 is 23.2 Å². The first-order valence-corrected chi connectivity index (χ1v) is 9.32. The molecule has 2 amide bonds. The molecule has 1 aliphatic rings. The average Bonchev–Trinajstić information content (AvgIpc) is 3.25. The van der Waals surface area contributed by atoms with Gasteiger partial charge >= 0.3 is 0 Å². The van der Waals surface area contributed by atoms with Crippen molar-refractivity contribution in [3.05, 3.63) is 54.1 Å². The van der Waals surface area contributed by atoms with Gasteiger partial charge in [0.1, 0.15) is 5.75 Å². The van der Waals surface area contributed by atoms with Crippen LogP contribution in [0.5, 0.6) is 5.75 Å². The third kappa shape index (κ3) is 5.47. The third-order valence-electron chi connectivity index (χ3n) is 4.49. The normalized spacial score (nSPS) is 15.7. The van der Waals surface area contributed by atoms with Gasteiger partial charge in [0.05, 0.1) is 25.4 Å². The van der Waals surface area contributed by atoms with Crippen LogP contribution in [0.3, 0.4) is 0 Å². The van der Waals surface area contributed by atoms with Gasteiger partial charge in [0, 0.05) is 24.4 Å². The van der Waals surface area contributed by atoms with Gasteiger partial charge in [-0.2, -0.15) is 0 Å². The van der Waals surface area contributed by atoms with Crippen LogP contribution in [0.25, 0.3) is 0 Å². The summed E-state index contributed by atoms with van der Waals surface area (Å²) in [6.45, 7) is 1.39. The summed E-state index contributed by atoms with van der Waals surface area (Å²) in [4.78, 5) is 24.3. The number of para-hydroxylation sites is 2. The Kier molecular flexibility index (Phi) is 6.86. The highest BCUT2D eigenvalue weighted by Gasteiger charge is 2.16. The van der Waals surface area contributed by atoms with E-state index in [2.05, 4.69) is 16.0 Å². The molecule has 1 fully saturated rings. The van der Waals surface area contributed by atoms with Gasteiger partial charge in [-0.3, -0.25) is 9.59 Å². The second-order valence-corrected chi connectivity index (χ2v) is 6.52. The highest BCUT2D eigenvalue weighted by Crippen LogP contribution is 2.22. The summed E-state index contributed by atoms with van der Waals surface area (Å²) in [6.07, 6.45) is 2.13. The molecule has 0 saturated carbocycles. The Morgan fingerprint density at radius 3 is 2.64 bits per heavy atom. The van der Waals surface area contributed by atoms with Crippen LogP contribution in [0.4, 0.5) is 11.4 Å². The first kappa shape index (κ1) is 19.7. The minimum Gasteiger partial charge on any atom is -0.495 e. The number of nitrogens with one attached hydrogen (secondary N) is 3. The summed E-state index contributed by atoms with van der Waals surface area (Å²) >= 11 is 0. The van der Waals surface area contributed by atoms with E-state index in [9.17, 15) is 9.59 Å². The number of rotatable bonds is 8. The summed E-state index contributed by atoms with van der Waals surface area (Å²) in [5.41, 5.74) is 1.92. The quantitative estimate of drug-likeness (QED) is 0.652. The summed E-state index contributed by atoms with van der Waals surface area (Å²) in [6, 6.07) is 14.2. The fraction of sp³-hybridized carbons (Fsp3) is 0.333. The molecule has 1 heterocycles. The zero-order chi connectivity index (χ0) is 19.8. The highest BCUT2D eigenvalue weighted by molar-refractivity contribution is 5.96. The first-order chi connectivity index (χ1) is 13.7. The molecule has 2 aromatic carbocycles. The largest absolute Gasteiger partial charge is 0.495 e. The molecule has 1 atom stereocenters. The molecule has 1 aliphatic heterocycles. The number of methoxy groups -OCH3 is 1. The van der Waals surface area contributed by atoms with Crippen LogP contribution >= 0.6 is 0 Å². The highest BCUT2D eigenvalue weighted by atomic mass is 16.5. The lowest BCUT2D eigenvalue weighted by Crippen LogP contribution is -2.31. The molecule has 7 nitrogen and oxygen atoms in total. The van der Waals surface area contributed by atoms with Gasteiger partial charge in [0.15, 0.2) is 0 Å². The fourth-order valence-electron chi connectivity index (χ4n) is 2.99. The van der Waals surface area contributed by atoms with Crippen molar-refractivity contribution in [3.8, 4) is 5.75 Å².